The molecule has 4 heteroatoms. The highest BCUT2D eigenvalue weighted by Crippen LogP contribution is 2.31. The zero-order chi connectivity index (χ0) is 13.1. The fraction of sp³-hybridized carbons (Fsp3) is 0.200. The summed E-state index contributed by atoms with van der Waals surface area (Å²) in [5, 5.41) is 12.6. The van der Waals surface area contributed by atoms with Crippen molar-refractivity contribution < 1.29 is 0 Å². The van der Waals surface area contributed by atoms with E-state index < -0.39 is 0 Å². The van der Waals surface area contributed by atoms with Gasteiger partial charge in [0, 0.05) is 31.5 Å². The van der Waals surface area contributed by atoms with Gasteiger partial charge in [-0.05, 0) is 17.7 Å². The van der Waals surface area contributed by atoms with Crippen molar-refractivity contribution in [2.45, 2.75) is 6.54 Å². The molecule has 2 heterocycles. The summed E-state index contributed by atoms with van der Waals surface area (Å²) in [7, 11) is 0. The molecule has 0 atom stereocenters. The number of nitrogens with one attached hydrogen (secondary N) is 1. The van der Waals surface area contributed by atoms with Crippen LogP contribution in [0.4, 0.5) is 11.4 Å². The number of aromatic nitrogens is 1. The van der Waals surface area contributed by atoms with Gasteiger partial charge in [0.1, 0.15) is 6.07 Å². The molecule has 1 aliphatic heterocycles. The second-order valence-electron chi connectivity index (χ2n) is 4.46. The first-order valence-corrected chi connectivity index (χ1v) is 6.30. The van der Waals surface area contributed by atoms with Crippen LogP contribution < -0.4 is 10.2 Å². The normalized spacial score (nSPS) is 14.4. The fourth-order valence-electron chi connectivity index (χ4n) is 2.40. The molecular formula is C15H14N4. The lowest BCUT2D eigenvalue weighted by atomic mass is 10.1. The van der Waals surface area contributed by atoms with E-state index in [1.807, 2.05) is 12.1 Å². The number of hydrogen-bond donors (Lipinski definition) is 1. The maximum atomic E-state index is 9.25. The molecule has 94 valence electrons. The third-order valence-electron chi connectivity index (χ3n) is 3.32. The van der Waals surface area contributed by atoms with Crippen LogP contribution in [0.15, 0.2) is 42.7 Å². The average molecular weight is 250 g/mol. The van der Waals surface area contributed by atoms with Crippen LogP contribution in [0.25, 0.3) is 0 Å². The maximum absolute atomic E-state index is 9.25. The molecule has 0 radical (unpaired) electrons. The molecule has 0 spiro atoms. The molecular weight excluding hydrogens is 236 g/mol. The smallest absolute Gasteiger partial charge is 0.101 e. The molecule has 1 aromatic heterocycles. The molecule has 0 unspecified atom stereocenters. The van der Waals surface area contributed by atoms with E-state index in [1.165, 1.54) is 5.56 Å². The zero-order valence-electron chi connectivity index (χ0n) is 10.5. The van der Waals surface area contributed by atoms with Crippen molar-refractivity contribution in [2.24, 2.45) is 0 Å². The zero-order valence-corrected chi connectivity index (χ0v) is 10.5. The Morgan fingerprint density at radius 3 is 3.00 bits per heavy atom. The van der Waals surface area contributed by atoms with Gasteiger partial charge in [-0.1, -0.05) is 18.2 Å². The van der Waals surface area contributed by atoms with Gasteiger partial charge >= 0.3 is 0 Å². The summed E-state index contributed by atoms with van der Waals surface area (Å²) in [6, 6.07) is 12.3. The summed E-state index contributed by atoms with van der Waals surface area (Å²) < 4.78 is 0. The monoisotopic (exact) mass is 250 g/mol. The summed E-state index contributed by atoms with van der Waals surface area (Å²) in [6.07, 6.45) is 3.42. The number of rotatable bonds is 1. The molecule has 0 bridgehead atoms. The fourth-order valence-corrected chi connectivity index (χ4v) is 2.40. The van der Waals surface area contributed by atoms with Crippen LogP contribution in [0.1, 0.15) is 11.1 Å². The van der Waals surface area contributed by atoms with Crippen molar-refractivity contribution in [3.8, 4) is 6.07 Å². The maximum Gasteiger partial charge on any atom is 0.101 e. The minimum absolute atomic E-state index is 0.659. The molecule has 0 fully saturated rings. The Hall–Kier alpha value is -2.38. The molecule has 1 aromatic carbocycles. The Kier molecular flexibility index (Phi) is 3.13. The first-order valence-electron chi connectivity index (χ1n) is 6.30. The second-order valence-corrected chi connectivity index (χ2v) is 4.46. The van der Waals surface area contributed by atoms with Crippen LogP contribution in [0.2, 0.25) is 0 Å². The Morgan fingerprint density at radius 1 is 1.21 bits per heavy atom. The number of pyridine rings is 1. The van der Waals surface area contributed by atoms with Crippen molar-refractivity contribution >= 4 is 11.4 Å². The van der Waals surface area contributed by atoms with Gasteiger partial charge in [-0.25, -0.2) is 0 Å². The molecule has 0 saturated carbocycles. The summed E-state index contributed by atoms with van der Waals surface area (Å²) in [6.45, 7) is 2.57. The Bertz CT molecular complexity index is 630. The summed E-state index contributed by atoms with van der Waals surface area (Å²) in [5.41, 5.74) is 3.93. The minimum atomic E-state index is 0.659. The van der Waals surface area contributed by atoms with Crippen LogP contribution in [-0.4, -0.2) is 18.1 Å². The minimum Gasteiger partial charge on any atom is -0.338 e. The van der Waals surface area contributed by atoms with Crippen LogP contribution in [0.5, 0.6) is 0 Å². The first-order chi connectivity index (χ1) is 9.40. The van der Waals surface area contributed by atoms with E-state index in [1.54, 1.807) is 18.5 Å². The molecule has 19 heavy (non-hydrogen) atoms. The number of hydrogen-bond acceptors (Lipinski definition) is 4. The number of anilines is 2. The largest absolute Gasteiger partial charge is 0.338 e. The van der Waals surface area contributed by atoms with Gasteiger partial charge in [0.05, 0.1) is 17.4 Å². The van der Waals surface area contributed by atoms with Gasteiger partial charge in [-0.3, -0.25) is 4.98 Å². The average Bonchev–Trinajstić information content (AvgIpc) is 2.69. The molecule has 2 aromatic rings. The van der Waals surface area contributed by atoms with E-state index in [9.17, 15) is 5.26 Å². The summed E-state index contributed by atoms with van der Waals surface area (Å²) in [4.78, 5) is 6.33. The lowest BCUT2D eigenvalue weighted by molar-refractivity contribution is 0.712. The van der Waals surface area contributed by atoms with Crippen molar-refractivity contribution in [1.82, 2.24) is 10.3 Å². The molecule has 1 N–H and O–H groups in total. The third kappa shape index (κ3) is 2.16. The van der Waals surface area contributed by atoms with Crippen molar-refractivity contribution in [1.29, 1.82) is 5.26 Å². The van der Waals surface area contributed by atoms with Gasteiger partial charge in [-0.15, -0.1) is 0 Å². The van der Waals surface area contributed by atoms with Gasteiger partial charge in [0.15, 0.2) is 0 Å². The van der Waals surface area contributed by atoms with E-state index in [4.69, 9.17) is 0 Å². The predicted octanol–water partition coefficient (Wildman–Crippen LogP) is 2.19. The van der Waals surface area contributed by atoms with Crippen LogP contribution in [0.3, 0.4) is 0 Å². The SMILES string of the molecule is N#Cc1ccncc1N1CCNCc2ccccc21. The molecule has 0 aliphatic carbocycles. The van der Waals surface area contributed by atoms with E-state index >= 15 is 0 Å². The quantitative estimate of drug-likeness (QED) is 0.843. The summed E-state index contributed by atoms with van der Waals surface area (Å²) in [5.74, 6) is 0. The molecule has 3 rings (SSSR count). The van der Waals surface area contributed by atoms with Crippen molar-refractivity contribution in [3.05, 3.63) is 53.9 Å². The highest BCUT2D eigenvalue weighted by molar-refractivity contribution is 5.71. The number of fused-ring (bicyclic) bond motifs is 1. The van der Waals surface area contributed by atoms with E-state index in [2.05, 4.69) is 33.4 Å². The van der Waals surface area contributed by atoms with Gasteiger partial charge in [0.2, 0.25) is 0 Å². The molecule has 0 amide bonds. The Balaban J connectivity index is 2.12. The van der Waals surface area contributed by atoms with Crippen LogP contribution in [0, 0.1) is 11.3 Å². The predicted molar refractivity (Wildman–Crippen MR) is 74.1 cm³/mol. The van der Waals surface area contributed by atoms with Crippen LogP contribution >= 0.6 is 0 Å². The molecule has 0 saturated heterocycles. The Labute approximate surface area is 112 Å². The van der Waals surface area contributed by atoms with Gasteiger partial charge in [0.25, 0.3) is 0 Å². The number of para-hydroxylation sites is 1. The molecule has 1 aliphatic rings. The number of nitriles is 1. The van der Waals surface area contributed by atoms with Gasteiger partial charge < -0.3 is 10.2 Å². The van der Waals surface area contributed by atoms with E-state index in [0.29, 0.717) is 5.56 Å². The van der Waals surface area contributed by atoms with Crippen LogP contribution in [-0.2, 0) is 6.54 Å². The van der Waals surface area contributed by atoms with E-state index in [0.717, 1.165) is 31.0 Å². The van der Waals surface area contributed by atoms with Gasteiger partial charge in [-0.2, -0.15) is 5.26 Å². The van der Waals surface area contributed by atoms with E-state index in [-0.39, 0.29) is 0 Å². The third-order valence-corrected chi connectivity index (χ3v) is 3.32. The highest BCUT2D eigenvalue weighted by atomic mass is 15.2. The highest BCUT2D eigenvalue weighted by Gasteiger charge is 2.18. The lowest BCUT2D eigenvalue weighted by Crippen LogP contribution is -2.25. The topological polar surface area (TPSA) is 52.0 Å². The standard InChI is InChI=1S/C15H14N4/c16-9-12-5-6-17-11-15(12)19-8-7-18-10-13-3-1-2-4-14(13)19/h1-6,11,18H,7-8,10H2. The van der Waals surface area contributed by atoms with Crippen molar-refractivity contribution in [2.75, 3.05) is 18.0 Å². The number of nitrogens with zero attached hydrogens (tertiary/aromatic N) is 3. The second kappa shape index (κ2) is 5.09. The molecule has 4 nitrogen and oxygen atoms in total. The summed E-state index contributed by atoms with van der Waals surface area (Å²) >= 11 is 0. The Morgan fingerprint density at radius 2 is 2.11 bits per heavy atom. The first kappa shape index (κ1) is 11.7. The van der Waals surface area contributed by atoms with Crippen molar-refractivity contribution in [3.63, 3.8) is 0 Å². The lowest BCUT2D eigenvalue weighted by Gasteiger charge is -2.25. The number of benzene rings is 1.